The van der Waals surface area contributed by atoms with Crippen LogP contribution in [0.4, 0.5) is 5.69 Å². The maximum atomic E-state index is 12.5. The number of sulfonamides is 1. The topological polar surface area (TPSA) is 105 Å². The Morgan fingerprint density at radius 1 is 1.10 bits per heavy atom. The Morgan fingerprint density at radius 3 is 2.41 bits per heavy atom. The van der Waals surface area contributed by atoms with Crippen molar-refractivity contribution in [3.63, 3.8) is 0 Å². The third kappa shape index (κ3) is 6.85. The summed E-state index contributed by atoms with van der Waals surface area (Å²) < 4.78 is 32.8. The molecule has 0 unspecified atom stereocenters. The van der Waals surface area contributed by atoms with E-state index < -0.39 is 16.0 Å². The highest BCUT2D eigenvalue weighted by molar-refractivity contribution is 7.89. The van der Waals surface area contributed by atoms with Crippen molar-refractivity contribution in [2.24, 2.45) is 0 Å². The Morgan fingerprint density at radius 2 is 1.79 bits per heavy atom. The van der Waals surface area contributed by atoms with Gasteiger partial charge in [0, 0.05) is 24.9 Å². The van der Waals surface area contributed by atoms with Crippen molar-refractivity contribution in [2.75, 3.05) is 18.5 Å². The van der Waals surface area contributed by atoms with Gasteiger partial charge in [-0.25, -0.2) is 17.9 Å². The average Bonchev–Trinajstić information content (AvgIpc) is 2.68. The van der Waals surface area contributed by atoms with E-state index in [0.29, 0.717) is 18.7 Å². The van der Waals surface area contributed by atoms with Crippen LogP contribution in [-0.2, 0) is 14.8 Å². The lowest BCUT2D eigenvalue weighted by Gasteiger charge is -2.18. The van der Waals surface area contributed by atoms with Crippen molar-refractivity contribution in [3.8, 4) is 0 Å². The van der Waals surface area contributed by atoms with E-state index in [1.165, 1.54) is 18.2 Å². The van der Waals surface area contributed by atoms with Crippen LogP contribution in [0.5, 0.6) is 0 Å². The number of ether oxygens (including phenoxy) is 1. The largest absolute Gasteiger partial charge is 0.478 e. The van der Waals surface area contributed by atoms with Crippen LogP contribution in [0.3, 0.4) is 0 Å². The first-order valence-electron chi connectivity index (χ1n) is 9.51. The van der Waals surface area contributed by atoms with Crippen LogP contribution < -0.4 is 10.0 Å². The minimum Gasteiger partial charge on any atom is -0.478 e. The SMILES string of the molecule is CC(C)OCCCNS(=O)(=O)c1ccc(N[C@H](C)c2ccccc2)c(C(=O)O)c1. The molecule has 0 bridgehead atoms. The smallest absolute Gasteiger partial charge is 0.337 e. The molecule has 0 fully saturated rings. The van der Waals surface area contributed by atoms with Gasteiger partial charge in [-0.3, -0.25) is 0 Å². The summed E-state index contributed by atoms with van der Waals surface area (Å²) in [5.74, 6) is -1.20. The lowest BCUT2D eigenvalue weighted by molar-refractivity contribution is 0.0697. The minimum absolute atomic E-state index is 0.0856. The van der Waals surface area contributed by atoms with Gasteiger partial charge in [0.15, 0.2) is 0 Å². The number of hydrogen-bond donors (Lipinski definition) is 3. The lowest BCUT2D eigenvalue weighted by atomic mass is 10.1. The van der Waals surface area contributed by atoms with Crippen LogP contribution in [0.2, 0.25) is 0 Å². The van der Waals surface area contributed by atoms with Gasteiger partial charge in [-0.15, -0.1) is 0 Å². The van der Waals surface area contributed by atoms with Crippen molar-refractivity contribution in [1.82, 2.24) is 4.72 Å². The van der Waals surface area contributed by atoms with E-state index in [1.54, 1.807) is 0 Å². The lowest BCUT2D eigenvalue weighted by Crippen LogP contribution is -2.26. The number of nitrogens with one attached hydrogen (secondary N) is 2. The average molecular weight is 421 g/mol. The second-order valence-electron chi connectivity index (χ2n) is 6.96. The van der Waals surface area contributed by atoms with Gasteiger partial charge >= 0.3 is 5.97 Å². The highest BCUT2D eigenvalue weighted by Gasteiger charge is 2.19. The zero-order chi connectivity index (χ0) is 21.4. The first kappa shape index (κ1) is 22.9. The summed E-state index contributed by atoms with van der Waals surface area (Å²) in [6.45, 7) is 6.38. The number of aromatic carboxylic acids is 1. The van der Waals surface area contributed by atoms with Crippen LogP contribution in [0.1, 0.15) is 49.2 Å². The van der Waals surface area contributed by atoms with Gasteiger partial charge in [0.1, 0.15) is 0 Å². The van der Waals surface area contributed by atoms with Crippen LogP contribution in [0.25, 0.3) is 0 Å². The predicted molar refractivity (Wildman–Crippen MR) is 113 cm³/mol. The Labute approximate surface area is 172 Å². The summed E-state index contributed by atoms with van der Waals surface area (Å²) >= 11 is 0. The van der Waals surface area contributed by atoms with E-state index in [4.69, 9.17) is 4.74 Å². The second-order valence-corrected chi connectivity index (χ2v) is 8.73. The molecule has 0 aliphatic heterocycles. The molecule has 0 radical (unpaired) electrons. The standard InChI is InChI=1S/C21H28N2O5S/c1-15(2)28-13-7-12-22-29(26,27)18-10-11-20(19(14-18)21(24)25)23-16(3)17-8-5-4-6-9-17/h4-6,8-11,14-16,22-23H,7,12-13H2,1-3H3,(H,24,25)/t16-/m1/s1. The number of carbonyl (C=O) groups is 1. The number of anilines is 1. The fourth-order valence-corrected chi connectivity index (χ4v) is 3.83. The highest BCUT2D eigenvalue weighted by Crippen LogP contribution is 2.25. The van der Waals surface area contributed by atoms with E-state index in [2.05, 4.69) is 10.0 Å². The first-order valence-corrected chi connectivity index (χ1v) is 11.0. The maximum Gasteiger partial charge on any atom is 0.337 e. The Hall–Kier alpha value is -2.42. The fourth-order valence-electron chi connectivity index (χ4n) is 2.73. The number of carboxylic acid groups (broad SMARTS) is 1. The molecule has 158 valence electrons. The van der Waals surface area contributed by atoms with Gasteiger partial charge in [0.25, 0.3) is 0 Å². The molecule has 0 aromatic heterocycles. The molecule has 0 aliphatic rings. The first-order chi connectivity index (χ1) is 13.7. The van der Waals surface area contributed by atoms with E-state index in [0.717, 1.165) is 5.56 Å². The molecule has 2 aromatic carbocycles. The Kier molecular flexibility index (Phi) is 8.19. The number of carboxylic acids is 1. The summed E-state index contributed by atoms with van der Waals surface area (Å²) in [6, 6.07) is 13.5. The van der Waals surface area contributed by atoms with Gasteiger partial charge in [-0.2, -0.15) is 0 Å². The summed E-state index contributed by atoms with van der Waals surface area (Å²) in [5, 5.41) is 12.7. The number of rotatable bonds is 11. The number of hydrogen-bond acceptors (Lipinski definition) is 5. The molecular formula is C21H28N2O5S. The van der Waals surface area contributed by atoms with Crippen molar-refractivity contribution < 1.29 is 23.1 Å². The van der Waals surface area contributed by atoms with Gasteiger partial charge in [-0.05, 0) is 51.0 Å². The third-order valence-electron chi connectivity index (χ3n) is 4.27. The maximum absolute atomic E-state index is 12.5. The molecule has 0 saturated carbocycles. The predicted octanol–water partition coefficient (Wildman–Crippen LogP) is 3.65. The normalized spacial score (nSPS) is 12.7. The summed E-state index contributed by atoms with van der Waals surface area (Å²) in [5.41, 5.74) is 1.25. The van der Waals surface area contributed by atoms with Crippen LogP contribution >= 0.6 is 0 Å². The molecule has 0 saturated heterocycles. The van der Waals surface area contributed by atoms with Crippen molar-refractivity contribution in [1.29, 1.82) is 0 Å². The monoisotopic (exact) mass is 420 g/mol. The molecule has 3 N–H and O–H groups in total. The molecular weight excluding hydrogens is 392 g/mol. The summed E-state index contributed by atoms with van der Waals surface area (Å²) in [7, 11) is -3.81. The third-order valence-corrected chi connectivity index (χ3v) is 5.73. The van der Waals surface area contributed by atoms with E-state index in [1.807, 2.05) is 51.1 Å². The molecule has 29 heavy (non-hydrogen) atoms. The van der Waals surface area contributed by atoms with Gasteiger partial charge in [0.05, 0.1) is 16.6 Å². The van der Waals surface area contributed by atoms with Crippen LogP contribution in [0.15, 0.2) is 53.4 Å². The van der Waals surface area contributed by atoms with Crippen molar-refractivity contribution in [3.05, 3.63) is 59.7 Å². The molecule has 0 spiro atoms. The van der Waals surface area contributed by atoms with E-state index in [-0.39, 0.29) is 29.1 Å². The van der Waals surface area contributed by atoms with Gasteiger partial charge in [-0.1, -0.05) is 30.3 Å². The second kappa shape index (κ2) is 10.4. The zero-order valence-electron chi connectivity index (χ0n) is 16.9. The molecule has 2 aromatic rings. The van der Waals surface area contributed by atoms with Crippen molar-refractivity contribution >= 4 is 21.7 Å². The van der Waals surface area contributed by atoms with Gasteiger partial charge in [0.2, 0.25) is 10.0 Å². The molecule has 0 aliphatic carbocycles. The summed E-state index contributed by atoms with van der Waals surface area (Å²) in [4.78, 5) is 11.6. The van der Waals surface area contributed by atoms with E-state index in [9.17, 15) is 18.3 Å². The van der Waals surface area contributed by atoms with E-state index >= 15 is 0 Å². The minimum atomic E-state index is -3.81. The Bertz CT molecular complexity index is 914. The fraction of sp³-hybridized carbons (Fsp3) is 0.381. The van der Waals surface area contributed by atoms with Crippen molar-refractivity contribution in [2.45, 2.75) is 44.2 Å². The molecule has 2 rings (SSSR count). The van der Waals surface area contributed by atoms with Gasteiger partial charge < -0.3 is 15.2 Å². The quantitative estimate of drug-likeness (QED) is 0.479. The molecule has 1 atom stereocenters. The molecule has 0 amide bonds. The Balaban J connectivity index is 2.13. The molecule has 0 heterocycles. The van der Waals surface area contributed by atoms with Crippen LogP contribution in [-0.4, -0.2) is 38.7 Å². The highest BCUT2D eigenvalue weighted by atomic mass is 32.2. The number of benzene rings is 2. The van der Waals surface area contributed by atoms with Crippen LogP contribution in [0, 0.1) is 0 Å². The zero-order valence-corrected chi connectivity index (χ0v) is 17.7. The molecule has 7 nitrogen and oxygen atoms in total. The summed E-state index contributed by atoms with van der Waals surface area (Å²) in [6.07, 6.45) is 0.611. The molecule has 8 heteroatoms.